The van der Waals surface area contributed by atoms with E-state index in [1.54, 1.807) is 25.3 Å². The van der Waals surface area contributed by atoms with Crippen molar-refractivity contribution in [1.29, 1.82) is 0 Å². The van der Waals surface area contributed by atoms with Crippen LogP contribution in [0.1, 0.15) is 84.4 Å². The van der Waals surface area contributed by atoms with Gasteiger partial charge in [0.2, 0.25) is 11.8 Å². The number of nitrogen functional groups attached to an aromatic ring is 1. The van der Waals surface area contributed by atoms with E-state index in [0.717, 1.165) is 79.5 Å². The van der Waals surface area contributed by atoms with Crippen molar-refractivity contribution in [2.45, 2.75) is 51.5 Å². The lowest BCUT2D eigenvalue weighted by Crippen LogP contribution is -2.47. The summed E-state index contributed by atoms with van der Waals surface area (Å²) in [6.45, 7) is 11.1. The molecule has 2 fully saturated rings. The lowest BCUT2D eigenvalue weighted by atomic mass is 9.81. The van der Waals surface area contributed by atoms with Crippen LogP contribution in [-0.4, -0.2) is 137 Å². The number of amides is 4. The molecule has 0 radical (unpaired) electrons. The van der Waals surface area contributed by atoms with Gasteiger partial charge in [-0.3, -0.25) is 52.2 Å². The Kier molecular flexibility index (Phi) is 26.3. The number of pyridine rings is 4. The Bertz CT molecular complexity index is 7580. The number of hydrogen-bond donors (Lipinski definition) is 8. The van der Waals surface area contributed by atoms with E-state index >= 15 is 0 Å². The molecule has 3 aliphatic heterocycles. The Morgan fingerprint density at radius 1 is 0.533 bits per heavy atom. The van der Waals surface area contributed by atoms with Gasteiger partial charge in [0.1, 0.15) is 74.3 Å². The zero-order valence-electron chi connectivity index (χ0n) is 72.0. The molecule has 37 heteroatoms. The summed E-state index contributed by atoms with van der Waals surface area (Å²) in [5, 5.41) is 12.2. The van der Waals surface area contributed by atoms with Crippen LogP contribution in [-0.2, 0) is 5.41 Å². The van der Waals surface area contributed by atoms with Crippen LogP contribution in [0.25, 0.3) is 50.3 Å². The third-order valence-electron chi connectivity index (χ3n) is 22.6. The van der Waals surface area contributed by atoms with Gasteiger partial charge in [-0.1, -0.05) is 53.6 Å². The highest BCUT2D eigenvalue weighted by molar-refractivity contribution is 6.34. The van der Waals surface area contributed by atoms with Crippen molar-refractivity contribution < 1.29 is 60.1 Å². The van der Waals surface area contributed by atoms with Crippen molar-refractivity contribution in [2.75, 3.05) is 65.9 Å². The molecule has 12 heterocycles. The SMILES string of the molecule is CCOc1ccn(-c2ccc(F)cc2)c(=O)c1C(=O)Nc1ccc(Oc2ccnc(N)c2Cl)c(F)c1.Cc1ccc2[nH]c(C(=O)N3C[C@]4(CCN(C5CCCNC5)C4)c4ccccc43)cc2c1.Cc1cccc(-n2cccc(C(=O)Nc3ccc(Oc4ncnc5nc[nH]c45)c(F)c3)c2=O)c1.O=C(Nc1ccc(Oc2ncnc3nc[nH]c23)c(F)c1)c1cccn(-c2ccc(F)cc2)c1=O. The molecule has 9 N–H and O–H groups in total. The zero-order valence-corrected chi connectivity index (χ0v) is 72.7. The Morgan fingerprint density at radius 3 is 1.67 bits per heavy atom. The van der Waals surface area contributed by atoms with Crippen molar-refractivity contribution in [1.82, 2.24) is 73.8 Å². The van der Waals surface area contributed by atoms with Crippen LogP contribution >= 0.6 is 11.6 Å². The summed E-state index contributed by atoms with van der Waals surface area (Å²) in [6.07, 6.45) is 14.8. The highest BCUT2D eigenvalue weighted by Gasteiger charge is 2.50. The zero-order chi connectivity index (χ0) is 94.1. The topological polar surface area (TPSA) is 389 Å². The number of nitrogens with zero attached hydrogens (tertiary/aromatic N) is 12. The summed E-state index contributed by atoms with van der Waals surface area (Å²) in [5.41, 5.74) is 12.9. The average molecular weight is 1840 g/mol. The highest BCUT2D eigenvalue weighted by atomic mass is 35.5. The normalized spacial score (nSPS) is 14.3. The number of carbonyl (C=O) groups excluding carboxylic acids is 4. The quantitative estimate of drug-likeness (QED) is 0.0349. The fourth-order valence-electron chi connectivity index (χ4n) is 16.0. The average Bonchev–Trinajstić information content (AvgIpc) is 1.57. The van der Waals surface area contributed by atoms with Crippen LogP contribution in [0.15, 0.2) is 277 Å². The molecule has 4 amide bonds. The van der Waals surface area contributed by atoms with E-state index in [4.69, 9.17) is 36.3 Å². The van der Waals surface area contributed by atoms with Crippen LogP contribution in [0.3, 0.4) is 0 Å². The van der Waals surface area contributed by atoms with Crippen molar-refractivity contribution >= 4 is 97.0 Å². The standard InChI is InChI=1S/C26H30N4O.C25H19ClF2N4O4.C24H17FN6O3.C23H14F2N6O3/c1-18-8-9-22-19(13-18)14-23(28-22)25(31)30-17-26(21-6-2-3-7-24(21)30)10-12-29(16-26)20-5-4-11-27-15-20;1-2-35-19-10-12-32(16-6-3-14(27)4-7-16)25(34)21(19)24(33)31-15-5-8-18(17(28)13-15)36-20-9-11-30-23(29)22(20)26;1-14-4-2-5-16(10-14)31-9-3-6-17(24(31)33)22(32)30-15-7-8-19(18(25)11-15)34-23-20-21(27-12-26-20)28-13-29-23;24-13-3-6-15(7-4-13)31-9-1-2-16(23(31)33)21(32)30-14-5-8-18(17(25)10-14)34-22-19-20(27-11-26-19)28-12-29-22/h2-3,6-9,13-14,20,27-28H,4-5,10-12,15-17H2,1H3;3-13H,2H2,1H3,(H2,29,30)(H,31,33);2-13H,1H3,(H,30,32)(H,26,27,28,29);1-12H,(H,30,32)(H,26,27,28,29)/t20?,26-;;;/m1.../s1. The fourth-order valence-corrected chi connectivity index (χ4v) is 16.2. The van der Waals surface area contributed by atoms with Gasteiger partial charge in [-0.05, 0) is 216 Å². The maximum Gasteiger partial charge on any atom is 0.274 e. The molecule has 17 aromatic rings. The van der Waals surface area contributed by atoms with E-state index in [1.807, 2.05) is 36.1 Å². The number of imidazole rings is 2. The minimum Gasteiger partial charge on any atom is -0.493 e. The molecule has 31 nitrogen and oxygen atoms in total. The first-order valence-corrected chi connectivity index (χ1v) is 42.7. The van der Waals surface area contributed by atoms with Gasteiger partial charge in [-0.2, -0.15) is 9.97 Å². The Morgan fingerprint density at radius 2 is 1.10 bits per heavy atom. The van der Waals surface area contributed by atoms with E-state index < -0.39 is 63.5 Å². The first kappa shape index (κ1) is 90.1. The number of carbonyl (C=O) groups is 4. The molecule has 2 atom stereocenters. The molecule has 0 bridgehead atoms. The summed E-state index contributed by atoms with van der Waals surface area (Å²) < 4.78 is 96.4. The molecular formula is C98H80ClF5N20O11. The van der Waals surface area contributed by atoms with E-state index in [-0.39, 0.29) is 103 Å². The summed E-state index contributed by atoms with van der Waals surface area (Å²) in [6, 6.07) is 55.4. The third kappa shape index (κ3) is 19.8. The predicted molar refractivity (Wildman–Crippen MR) is 497 cm³/mol. The number of hydrogen-bond acceptors (Lipinski definition) is 21. The van der Waals surface area contributed by atoms with Crippen molar-refractivity contribution in [3.05, 3.63) is 367 Å². The van der Waals surface area contributed by atoms with E-state index in [9.17, 15) is 55.5 Å². The van der Waals surface area contributed by atoms with Crippen molar-refractivity contribution in [3.63, 3.8) is 0 Å². The van der Waals surface area contributed by atoms with E-state index in [2.05, 4.69) is 125 Å². The van der Waals surface area contributed by atoms with Gasteiger partial charge in [-0.25, -0.2) is 46.9 Å². The number of halogens is 6. The molecule has 0 aliphatic carbocycles. The molecule has 20 rings (SSSR count). The fraction of sp³-hybridized carbons (Fsp3) is 0.143. The lowest BCUT2D eigenvalue weighted by molar-refractivity contribution is 0.0977. The first-order chi connectivity index (χ1) is 65.4. The number of likely N-dealkylation sites (tertiary alicyclic amines) is 1. The van der Waals surface area contributed by atoms with E-state index in [1.165, 1.54) is 197 Å². The molecule has 9 aromatic heterocycles. The molecule has 8 aromatic carbocycles. The second-order valence-corrected chi connectivity index (χ2v) is 31.9. The van der Waals surface area contributed by atoms with Crippen LogP contribution in [0.5, 0.6) is 40.5 Å². The Hall–Kier alpha value is -16.9. The predicted octanol–water partition coefficient (Wildman–Crippen LogP) is 16.8. The molecule has 680 valence electrons. The highest BCUT2D eigenvalue weighted by Crippen LogP contribution is 2.48. The molecule has 1 spiro atoms. The minimum absolute atomic E-state index is 0.0257. The largest absolute Gasteiger partial charge is 0.493 e. The van der Waals surface area contributed by atoms with Gasteiger partial charge in [-0.15, -0.1) is 0 Å². The number of piperidine rings is 1. The summed E-state index contributed by atoms with van der Waals surface area (Å²) >= 11 is 6.03. The van der Waals surface area contributed by atoms with Crippen molar-refractivity contribution in [2.24, 2.45) is 0 Å². The van der Waals surface area contributed by atoms with Crippen molar-refractivity contribution in [3.8, 4) is 57.6 Å². The molecule has 0 saturated carbocycles. The van der Waals surface area contributed by atoms with Gasteiger partial charge in [0.05, 0.1) is 19.3 Å². The number of anilines is 5. The molecule has 2 saturated heterocycles. The number of fused-ring (bicyclic) bond motifs is 5. The Labute approximate surface area is 768 Å². The third-order valence-corrected chi connectivity index (χ3v) is 22.9. The molecule has 135 heavy (non-hydrogen) atoms. The number of benzene rings is 8. The molecule has 1 unspecified atom stereocenters. The van der Waals surface area contributed by atoms with E-state index in [0.29, 0.717) is 51.1 Å². The van der Waals surface area contributed by atoms with Crippen LogP contribution in [0.4, 0.5) is 50.5 Å². The minimum atomic E-state index is -0.821. The number of nitrogens with two attached hydrogens (primary N) is 1. The number of rotatable bonds is 19. The number of aromatic amines is 3. The Balaban J connectivity index is 0.000000125. The smallest absolute Gasteiger partial charge is 0.274 e. The summed E-state index contributed by atoms with van der Waals surface area (Å²) in [5.74, 6) is -5.39. The maximum absolute atomic E-state index is 14.7. The number of H-pyrrole nitrogens is 3. The van der Waals surface area contributed by atoms with Gasteiger partial charge >= 0.3 is 0 Å². The van der Waals surface area contributed by atoms with Gasteiger partial charge in [0.25, 0.3) is 40.3 Å². The summed E-state index contributed by atoms with van der Waals surface area (Å²) in [7, 11) is 0. The van der Waals surface area contributed by atoms with Crippen LogP contribution < -0.4 is 67.5 Å². The number of ether oxygens (including phenoxy) is 4. The van der Waals surface area contributed by atoms with Gasteiger partial charge in [0, 0.05) is 131 Å². The number of aryl methyl sites for hydroxylation is 2. The number of aromatic nitrogens is 13. The van der Waals surface area contributed by atoms with Crippen LogP contribution in [0, 0.1) is 42.9 Å². The van der Waals surface area contributed by atoms with Gasteiger partial charge in [0.15, 0.2) is 51.7 Å². The molecule has 3 aliphatic rings. The van der Waals surface area contributed by atoms with Gasteiger partial charge < -0.3 is 65.8 Å². The number of nitrogens with one attached hydrogen (secondary N) is 7. The summed E-state index contributed by atoms with van der Waals surface area (Å²) in [4.78, 5) is 133. The first-order valence-electron chi connectivity index (χ1n) is 42.3. The molecular weight excluding hydrogens is 1760 g/mol. The van der Waals surface area contributed by atoms with Crippen LogP contribution in [0.2, 0.25) is 5.02 Å². The monoisotopic (exact) mass is 1840 g/mol. The maximum atomic E-state index is 14.7. The second-order valence-electron chi connectivity index (χ2n) is 31.5. The number of para-hydroxylation sites is 1. The lowest BCUT2D eigenvalue weighted by Gasteiger charge is -2.33. The second kappa shape index (κ2) is 39.4.